The number of sulfonamides is 1. The molecule has 0 spiro atoms. The topological polar surface area (TPSA) is 132 Å². The van der Waals surface area contributed by atoms with Crippen molar-refractivity contribution < 1.29 is 27.4 Å². The molecule has 2 aromatic carbocycles. The van der Waals surface area contributed by atoms with Crippen LogP contribution in [0.3, 0.4) is 0 Å². The second-order valence-electron chi connectivity index (χ2n) is 12.2. The molecule has 240 valence electrons. The number of hydrogen-bond donors (Lipinski definition) is 2. The zero-order valence-corrected chi connectivity index (χ0v) is 27.1. The molecule has 1 amide bonds. The van der Waals surface area contributed by atoms with E-state index in [0.29, 0.717) is 58.9 Å². The van der Waals surface area contributed by atoms with Crippen LogP contribution in [0.2, 0.25) is 0 Å². The number of anilines is 1. The summed E-state index contributed by atoms with van der Waals surface area (Å²) in [7, 11) is -1.85. The van der Waals surface area contributed by atoms with Crippen molar-refractivity contribution >= 4 is 32.7 Å². The molecule has 0 saturated carbocycles. The van der Waals surface area contributed by atoms with E-state index in [-0.39, 0.29) is 23.5 Å². The molecule has 1 aliphatic heterocycles. The molecule has 1 aliphatic rings. The summed E-state index contributed by atoms with van der Waals surface area (Å²) in [5.41, 5.74) is 2.37. The minimum atomic E-state index is -3.52. The molecule has 2 N–H and O–H groups in total. The fraction of sp³-hybridized carbons (Fsp3) is 0.394. The number of pyridine rings is 1. The average Bonchev–Trinajstić information content (AvgIpc) is 3.49. The molecule has 1 saturated heterocycles. The van der Waals surface area contributed by atoms with Gasteiger partial charge in [-0.2, -0.15) is 0 Å². The molecule has 12 heteroatoms. The van der Waals surface area contributed by atoms with Gasteiger partial charge < -0.3 is 28.7 Å². The Hall–Kier alpha value is -4.29. The first kappa shape index (κ1) is 32.1. The molecular weight excluding hydrogens is 596 g/mol. The monoisotopic (exact) mass is 636 g/mol. The van der Waals surface area contributed by atoms with Crippen LogP contribution >= 0.6 is 0 Å². The lowest BCUT2D eigenvalue weighted by Gasteiger charge is -2.33. The van der Waals surface area contributed by atoms with E-state index in [1.807, 2.05) is 51.1 Å². The molecule has 0 bridgehead atoms. The number of benzene rings is 2. The third-order valence-electron chi connectivity index (χ3n) is 7.52. The molecule has 4 aromatic rings. The second kappa shape index (κ2) is 13.0. The highest BCUT2D eigenvalue weighted by Crippen LogP contribution is 2.38. The zero-order chi connectivity index (χ0) is 32.4. The van der Waals surface area contributed by atoms with Gasteiger partial charge in [-0.25, -0.2) is 13.2 Å². The van der Waals surface area contributed by atoms with Gasteiger partial charge in [0.1, 0.15) is 22.6 Å². The van der Waals surface area contributed by atoms with E-state index in [0.717, 1.165) is 18.4 Å². The number of nitrogens with one attached hydrogen (secondary N) is 2. The van der Waals surface area contributed by atoms with Crippen LogP contribution in [-0.4, -0.2) is 59.5 Å². The predicted molar refractivity (Wildman–Crippen MR) is 174 cm³/mol. The summed E-state index contributed by atoms with van der Waals surface area (Å²) >= 11 is 0. The molecule has 1 fully saturated rings. The summed E-state index contributed by atoms with van der Waals surface area (Å²) in [6, 6.07) is 14.5. The SMILES string of the molecule is CCS(=O)(=O)Nc1ccc(Oc2cccc(COC3CCN(C(=O)OC(C)(C)C)CC3)c2)c(-c2cn(C)c(=O)c3[nH]ccc23)c1. The maximum atomic E-state index is 12.7. The van der Waals surface area contributed by atoms with Crippen molar-refractivity contribution in [3.05, 3.63) is 76.8 Å². The number of ether oxygens (including phenoxy) is 3. The molecule has 0 atom stereocenters. The Morgan fingerprint density at radius 3 is 2.53 bits per heavy atom. The van der Waals surface area contributed by atoms with Crippen molar-refractivity contribution in [1.82, 2.24) is 14.5 Å². The number of H-pyrrole nitrogens is 1. The normalized spacial score (nSPS) is 14.5. The fourth-order valence-electron chi connectivity index (χ4n) is 5.20. The highest BCUT2D eigenvalue weighted by Gasteiger charge is 2.27. The first-order chi connectivity index (χ1) is 21.3. The van der Waals surface area contributed by atoms with Gasteiger partial charge in [0.2, 0.25) is 10.0 Å². The molecular formula is C33H40N4O7S. The number of likely N-dealkylation sites (tertiary alicyclic amines) is 1. The minimum Gasteiger partial charge on any atom is -0.457 e. The van der Waals surface area contributed by atoms with Gasteiger partial charge in [-0.1, -0.05) is 12.1 Å². The van der Waals surface area contributed by atoms with Crippen LogP contribution in [-0.2, 0) is 33.2 Å². The van der Waals surface area contributed by atoms with Crippen LogP contribution in [0, 0.1) is 0 Å². The van der Waals surface area contributed by atoms with Gasteiger partial charge in [0.25, 0.3) is 5.56 Å². The summed E-state index contributed by atoms with van der Waals surface area (Å²) < 4.78 is 46.9. The maximum Gasteiger partial charge on any atom is 0.410 e. The number of rotatable bonds is 9. The fourth-order valence-corrected chi connectivity index (χ4v) is 5.83. The van der Waals surface area contributed by atoms with Crippen molar-refractivity contribution in [1.29, 1.82) is 0 Å². The predicted octanol–water partition coefficient (Wildman–Crippen LogP) is 6.00. The number of hydrogen-bond acceptors (Lipinski definition) is 7. The molecule has 0 unspecified atom stereocenters. The highest BCUT2D eigenvalue weighted by atomic mass is 32.2. The number of aromatic amines is 1. The van der Waals surface area contributed by atoms with Crippen molar-refractivity contribution in [3.63, 3.8) is 0 Å². The van der Waals surface area contributed by atoms with E-state index in [1.54, 1.807) is 49.5 Å². The molecule has 3 heterocycles. The number of aromatic nitrogens is 2. The summed E-state index contributed by atoms with van der Waals surface area (Å²) in [5.74, 6) is 0.998. The summed E-state index contributed by atoms with van der Waals surface area (Å²) in [6.07, 6.45) is 4.59. The Balaban J connectivity index is 1.34. The van der Waals surface area contributed by atoms with E-state index < -0.39 is 15.6 Å². The number of carbonyl (C=O) groups is 1. The lowest BCUT2D eigenvalue weighted by Crippen LogP contribution is -2.43. The van der Waals surface area contributed by atoms with Crippen LogP contribution in [0.25, 0.3) is 22.0 Å². The van der Waals surface area contributed by atoms with Gasteiger partial charge in [-0.3, -0.25) is 9.52 Å². The smallest absolute Gasteiger partial charge is 0.410 e. The van der Waals surface area contributed by atoms with Gasteiger partial charge in [0.15, 0.2) is 0 Å². The number of piperidine rings is 1. The van der Waals surface area contributed by atoms with Crippen molar-refractivity contribution in [3.8, 4) is 22.6 Å². The molecule has 45 heavy (non-hydrogen) atoms. The van der Waals surface area contributed by atoms with E-state index >= 15 is 0 Å². The molecule has 0 radical (unpaired) electrons. The Morgan fingerprint density at radius 1 is 1.07 bits per heavy atom. The quantitative estimate of drug-likeness (QED) is 0.230. The van der Waals surface area contributed by atoms with Gasteiger partial charge in [-0.05, 0) is 82.5 Å². The van der Waals surface area contributed by atoms with E-state index in [1.165, 1.54) is 4.57 Å². The number of nitrogens with zero attached hydrogens (tertiary/aromatic N) is 2. The average molecular weight is 637 g/mol. The number of carbonyl (C=O) groups excluding carboxylic acids is 1. The van der Waals surface area contributed by atoms with Crippen LogP contribution in [0.1, 0.15) is 46.1 Å². The van der Waals surface area contributed by atoms with Gasteiger partial charge in [0, 0.05) is 54.7 Å². The molecule has 5 rings (SSSR count). The zero-order valence-electron chi connectivity index (χ0n) is 26.3. The minimum absolute atomic E-state index is 0.0211. The third-order valence-corrected chi connectivity index (χ3v) is 8.83. The molecule has 0 aliphatic carbocycles. The van der Waals surface area contributed by atoms with E-state index in [2.05, 4.69) is 9.71 Å². The number of amides is 1. The molecule has 11 nitrogen and oxygen atoms in total. The van der Waals surface area contributed by atoms with Crippen molar-refractivity contribution in [2.75, 3.05) is 23.6 Å². The standard InChI is InChI=1S/C33H40N4O7S/c1-6-45(40,41)35-23-10-11-29(27(19-23)28-20-36(5)31(38)30-26(28)12-15-34-30)43-25-9-7-8-22(18-25)21-42-24-13-16-37(17-14-24)32(39)44-33(2,3)4/h7-12,15,18-20,24,34-35H,6,13-14,16-17,21H2,1-5H3. The lowest BCUT2D eigenvalue weighted by molar-refractivity contribution is -0.0170. The number of aryl methyl sites for hydroxylation is 1. The molecule has 2 aromatic heterocycles. The van der Waals surface area contributed by atoms with Gasteiger partial charge >= 0.3 is 6.09 Å². The Morgan fingerprint density at radius 2 is 1.82 bits per heavy atom. The van der Waals surface area contributed by atoms with E-state index in [9.17, 15) is 18.0 Å². The first-order valence-corrected chi connectivity index (χ1v) is 16.6. The Bertz CT molecular complexity index is 1850. The Labute approximate surface area is 263 Å². The summed E-state index contributed by atoms with van der Waals surface area (Å²) in [4.78, 5) is 29.8. The Kier molecular flexibility index (Phi) is 9.26. The summed E-state index contributed by atoms with van der Waals surface area (Å²) in [6.45, 7) is 8.68. The largest absolute Gasteiger partial charge is 0.457 e. The van der Waals surface area contributed by atoms with Gasteiger partial charge in [-0.15, -0.1) is 0 Å². The van der Waals surface area contributed by atoms with Crippen LogP contribution in [0.4, 0.5) is 10.5 Å². The maximum absolute atomic E-state index is 12.7. The highest BCUT2D eigenvalue weighted by molar-refractivity contribution is 7.92. The summed E-state index contributed by atoms with van der Waals surface area (Å²) in [5, 5.41) is 0.693. The van der Waals surface area contributed by atoms with E-state index in [4.69, 9.17) is 14.2 Å². The van der Waals surface area contributed by atoms with Crippen LogP contribution in [0.5, 0.6) is 11.5 Å². The lowest BCUT2D eigenvalue weighted by atomic mass is 10.0. The first-order valence-electron chi connectivity index (χ1n) is 15.0. The second-order valence-corrected chi connectivity index (χ2v) is 14.2. The van der Waals surface area contributed by atoms with Crippen molar-refractivity contribution in [2.24, 2.45) is 7.05 Å². The van der Waals surface area contributed by atoms with Crippen LogP contribution < -0.4 is 15.0 Å². The number of fused-ring (bicyclic) bond motifs is 1. The van der Waals surface area contributed by atoms with Crippen molar-refractivity contribution in [2.45, 2.75) is 58.8 Å². The van der Waals surface area contributed by atoms with Gasteiger partial charge in [0.05, 0.1) is 18.5 Å². The van der Waals surface area contributed by atoms with Crippen LogP contribution in [0.15, 0.2) is 65.7 Å². The third kappa shape index (κ3) is 7.87.